The van der Waals surface area contributed by atoms with Gasteiger partial charge < -0.3 is 9.47 Å². The molecule has 0 spiro atoms. The highest BCUT2D eigenvalue weighted by atomic mass is 79.9. The monoisotopic (exact) mass is 326 g/mol. The summed E-state index contributed by atoms with van der Waals surface area (Å²) in [4.78, 5) is 0. The number of rotatable bonds is 5. The Bertz CT molecular complexity index is 482. The average Bonchev–Trinajstić information content (AvgIpc) is 2.41. The lowest BCUT2D eigenvalue weighted by atomic mass is 10.3. The van der Waals surface area contributed by atoms with Crippen molar-refractivity contribution in [1.29, 1.82) is 0 Å². The first kappa shape index (κ1) is 13.2. The van der Waals surface area contributed by atoms with E-state index in [4.69, 9.17) is 21.1 Å². The molecule has 0 amide bonds. The smallest absolute Gasteiger partial charge is 0.127 e. The molecule has 0 heterocycles. The molecule has 2 rings (SSSR count). The molecule has 0 radical (unpaired) electrons. The standard InChI is InChI=1S/C14H12BrClO2/c15-9-10-17-12-5-7-14(8-6-12)18-13-3-1-11(16)2-4-13/h1-8H,9-10H2. The fourth-order valence-electron chi connectivity index (χ4n) is 1.40. The largest absolute Gasteiger partial charge is 0.493 e. The third-order valence-corrected chi connectivity index (χ3v) is 2.79. The molecule has 0 aromatic heterocycles. The normalized spacial score (nSPS) is 10.1. The van der Waals surface area contributed by atoms with Crippen LogP contribution in [0.5, 0.6) is 17.2 Å². The summed E-state index contributed by atoms with van der Waals surface area (Å²) in [6.45, 7) is 0.650. The molecule has 0 bridgehead atoms. The van der Waals surface area contributed by atoms with Crippen LogP contribution in [-0.4, -0.2) is 11.9 Å². The first-order valence-electron chi connectivity index (χ1n) is 5.50. The Morgan fingerprint density at radius 3 is 1.89 bits per heavy atom. The lowest BCUT2D eigenvalue weighted by molar-refractivity contribution is 0.344. The van der Waals surface area contributed by atoms with E-state index in [0.717, 1.165) is 22.6 Å². The van der Waals surface area contributed by atoms with E-state index in [9.17, 15) is 0 Å². The van der Waals surface area contributed by atoms with Crippen LogP contribution in [0.4, 0.5) is 0 Å². The molecular weight excluding hydrogens is 316 g/mol. The fraction of sp³-hybridized carbons (Fsp3) is 0.143. The van der Waals surface area contributed by atoms with E-state index in [2.05, 4.69) is 15.9 Å². The molecule has 0 aliphatic heterocycles. The van der Waals surface area contributed by atoms with Gasteiger partial charge in [-0.1, -0.05) is 27.5 Å². The van der Waals surface area contributed by atoms with Crippen LogP contribution in [0.2, 0.25) is 5.02 Å². The molecule has 4 heteroatoms. The Hall–Kier alpha value is -1.19. The molecule has 0 N–H and O–H groups in total. The topological polar surface area (TPSA) is 18.5 Å². The van der Waals surface area contributed by atoms with Crippen molar-refractivity contribution in [3.05, 3.63) is 53.6 Å². The third kappa shape index (κ3) is 3.93. The van der Waals surface area contributed by atoms with E-state index in [1.807, 2.05) is 36.4 Å². The SMILES string of the molecule is Clc1ccc(Oc2ccc(OCCBr)cc2)cc1. The maximum absolute atomic E-state index is 5.81. The van der Waals surface area contributed by atoms with Gasteiger partial charge in [-0.2, -0.15) is 0 Å². The van der Waals surface area contributed by atoms with Gasteiger partial charge in [0.2, 0.25) is 0 Å². The van der Waals surface area contributed by atoms with E-state index < -0.39 is 0 Å². The quantitative estimate of drug-likeness (QED) is 0.727. The van der Waals surface area contributed by atoms with Crippen molar-refractivity contribution in [2.75, 3.05) is 11.9 Å². The predicted octanol–water partition coefficient (Wildman–Crippen LogP) is 4.91. The van der Waals surface area contributed by atoms with Gasteiger partial charge in [-0.15, -0.1) is 0 Å². The summed E-state index contributed by atoms with van der Waals surface area (Å²) in [5.74, 6) is 2.36. The van der Waals surface area contributed by atoms with Crippen LogP contribution in [-0.2, 0) is 0 Å². The van der Waals surface area contributed by atoms with Gasteiger partial charge in [0.15, 0.2) is 0 Å². The Kier molecular flexibility index (Phi) is 4.90. The number of hydrogen-bond donors (Lipinski definition) is 0. The second kappa shape index (κ2) is 6.66. The Morgan fingerprint density at radius 2 is 1.33 bits per heavy atom. The van der Waals surface area contributed by atoms with Gasteiger partial charge in [-0.25, -0.2) is 0 Å². The van der Waals surface area contributed by atoms with Crippen molar-refractivity contribution in [2.24, 2.45) is 0 Å². The lowest BCUT2D eigenvalue weighted by Gasteiger charge is -2.07. The van der Waals surface area contributed by atoms with Crippen LogP contribution in [0.25, 0.3) is 0 Å². The molecular formula is C14H12BrClO2. The number of halogens is 2. The van der Waals surface area contributed by atoms with Crippen LogP contribution >= 0.6 is 27.5 Å². The second-order valence-electron chi connectivity index (χ2n) is 3.56. The molecule has 2 aromatic carbocycles. The highest BCUT2D eigenvalue weighted by Crippen LogP contribution is 2.24. The van der Waals surface area contributed by atoms with Gasteiger partial charge in [-0.05, 0) is 48.5 Å². The summed E-state index contributed by atoms with van der Waals surface area (Å²) in [5.41, 5.74) is 0. The lowest BCUT2D eigenvalue weighted by Crippen LogP contribution is -1.97. The Labute approximate surface area is 120 Å². The summed E-state index contributed by atoms with van der Waals surface area (Å²) in [6.07, 6.45) is 0. The van der Waals surface area contributed by atoms with Crippen LogP contribution in [0, 0.1) is 0 Å². The Balaban J connectivity index is 1.99. The third-order valence-electron chi connectivity index (χ3n) is 2.22. The minimum Gasteiger partial charge on any atom is -0.493 e. The van der Waals surface area contributed by atoms with Gasteiger partial charge in [0.05, 0.1) is 6.61 Å². The number of ether oxygens (including phenoxy) is 2. The van der Waals surface area contributed by atoms with Crippen molar-refractivity contribution in [2.45, 2.75) is 0 Å². The molecule has 18 heavy (non-hydrogen) atoms. The maximum atomic E-state index is 5.81. The molecule has 2 nitrogen and oxygen atoms in total. The molecule has 0 aliphatic carbocycles. The van der Waals surface area contributed by atoms with Crippen LogP contribution in [0.15, 0.2) is 48.5 Å². The number of benzene rings is 2. The molecule has 0 fully saturated rings. The first-order chi connectivity index (χ1) is 8.78. The van der Waals surface area contributed by atoms with Crippen molar-refractivity contribution in [3.63, 3.8) is 0 Å². The van der Waals surface area contributed by atoms with Crippen molar-refractivity contribution < 1.29 is 9.47 Å². The summed E-state index contributed by atoms with van der Waals surface area (Å²) in [6, 6.07) is 14.8. The maximum Gasteiger partial charge on any atom is 0.127 e. The molecule has 0 atom stereocenters. The summed E-state index contributed by atoms with van der Waals surface area (Å²) in [7, 11) is 0. The van der Waals surface area contributed by atoms with E-state index >= 15 is 0 Å². The second-order valence-corrected chi connectivity index (χ2v) is 4.79. The average molecular weight is 328 g/mol. The van der Waals surface area contributed by atoms with Crippen LogP contribution in [0.3, 0.4) is 0 Å². The van der Waals surface area contributed by atoms with Crippen molar-refractivity contribution in [1.82, 2.24) is 0 Å². The van der Waals surface area contributed by atoms with Crippen molar-refractivity contribution >= 4 is 27.5 Å². The van der Waals surface area contributed by atoms with E-state index in [-0.39, 0.29) is 0 Å². The zero-order chi connectivity index (χ0) is 12.8. The molecule has 0 saturated heterocycles. The van der Waals surface area contributed by atoms with E-state index in [0.29, 0.717) is 11.6 Å². The number of hydrogen-bond acceptors (Lipinski definition) is 2. The van der Waals surface area contributed by atoms with Crippen molar-refractivity contribution in [3.8, 4) is 17.2 Å². The minimum atomic E-state index is 0.650. The zero-order valence-corrected chi connectivity index (χ0v) is 11.9. The number of alkyl halides is 1. The minimum absolute atomic E-state index is 0.650. The highest BCUT2D eigenvalue weighted by molar-refractivity contribution is 9.09. The van der Waals surface area contributed by atoms with Crippen LogP contribution < -0.4 is 9.47 Å². The Morgan fingerprint density at radius 1 is 0.833 bits per heavy atom. The van der Waals surface area contributed by atoms with E-state index in [1.54, 1.807) is 12.1 Å². The molecule has 0 saturated carbocycles. The van der Waals surface area contributed by atoms with Gasteiger partial charge in [0, 0.05) is 10.4 Å². The summed E-state index contributed by atoms with van der Waals surface area (Å²) >= 11 is 9.12. The zero-order valence-electron chi connectivity index (χ0n) is 9.61. The van der Waals surface area contributed by atoms with Gasteiger partial charge >= 0.3 is 0 Å². The molecule has 0 unspecified atom stereocenters. The molecule has 0 aliphatic rings. The van der Waals surface area contributed by atoms with Gasteiger partial charge in [0.1, 0.15) is 17.2 Å². The predicted molar refractivity (Wildman–Crippen MR) is 77.3 cm³/mol. The van der Waals surface area contributed by atoms with Gasteiger partial charge in [-0.3, -0.25) is 0 Å². The molecule has 2 aromatic rings. The van der Waals surface area contributed by atoms with E-state index in [1.165, 1.54) is 0 Å². The van der Waals surface area contributed by atoms with Gasteiger partial charge in [0.25, 0.3) is 0 Å². The fourth-order valence-corrected chi connectivity index (χ4v) is 1.69. The summed E-state index contributed by atoms with van der Waals surface area (Å²) < 4.78 is 11.1. The molecule has 94 valence electrons. The highest BCUT2D eigenvalue weighted by Gasteiger charge is 1.98. The first-order valence-corrected chi connectivity index (χ1v) is 7.00. The van der Waals surface area contributed by atoms with Crippen LogP contribution in [0.1, 0.15) is 0 Å². The summed E-state index contributed by atoms with van der Waals surface area (Å²) in [5, 5.41) is 1.51.